The predicted octanol–water partition coefficient (Wildman–Crippen LogP) is 4.54. The third-order valence-electron chi connectivity index (χ3n) is 3.54. The van der Waals surface area contributed by atoms with Gasteiger partial charge in [-0.25, -0.2) is 4.98 Å². The molecule has 1 amide bonds. The number of benzene rings is 1. The maximum Gasteiger partial charge on any atom is 0.274 e. The summed E-state index contributed by atoms with van der Waals surface area (Å²) in [4.78, 5) is 18.0. The number of anilines is 1. The standard InChI is InChI=1S/C17H13BrN4OS/c1-10-7-12(18)8-22-15(11(2)20-16(10)22)17(23)21-13-3-5-14(6-4-13)24-9-19/h3-8H,1-2H3,(H,21,23). The number of nitrogens with one attached hydrogen (secondary N) is 1. The minimum Gasteiger partial charge on any atom is -0.321 e. The lowest BCUT2D eigenvalue weighted by Crippen LogP contribution is -2.15. The molecule has 1 aromatic carbocycles. The molecular weight excluding hydrogens is 388 g/mol. The molecule has 0 saturated carbocycles. The summed E-state index contributed by atoms with van der Waals surface area (Å²) in [5, 5.41) is 13.6. The van der Waals surface area contributed by atoms with Gasteiger partial charge in [-0.05, 0) is 77.4 Å². The molecular formula is C17H13BrN4OS. The highest BCUT2D eigenvalue weighted by molar-refractivity contribution is 9.10. The zero-order valence-electron chi connectivity index (χ0n) is 13.0. The number of nitrogens with zero attached hydrogens (tertiary/aromatic N) is 3. The molecule has 0 fully saturated rings. The number of amides is 1. The van der Waals surface area contributed by atoms with E-state index in [2.05, 4.69) is 26.2 Å². The van der Waals surface area contributed by atoms with Crippen LogP contribution in [-0.4, -0.2) is 15.3 Å². The predicted molar refractivity (Wildman–Crippen MR) is 98.2 cm³/mol. The van der Waals surface area contributed by atoms with Gasteiger partial charge in [0, 0.05) is 21.3 Å². The maximum atomic E-state index is 12.7. The van der Waals surface area contributed by atoms with Crippen molar-refractivity contribution in [2.24, 2.45) is 0 Å². The molecule has 3 rings (SSSR count). The lowest BCUT2D eigenvalue weighted by atomic mass is 10.2. The molecule has 2 heterocycles. The van der Waals surface area contributed by atoms with Gasteiger partial charge in [0.1, 0.15) is 16.7 Å². The molecule has 2 aromatic heterocycles. The largest absolute Gasteiger partial charge is 0.321 e. The molecule has 120 valence electrons. The van der Waals surface area contributed by atoms with Crippen LogP contribution in [0.25, 0.3) is 5.65 Å². The van der Waals surface area contributed by atoms with Crippen molar-refractivity contribution in [1.29, 1.82) is 5.26 Å². The Morgan fingerprint density at radius 1 is 1.33 bits per heavy atom. The highest BCUT2D eigenvalue weighted by atomic mass is 79.9. The van der Waals surface area contributed by atoms with E-state index in [0.29, 0.717) is 17.1 Å². The number of thioether (sulfide) groups is 1. The van der Waals surface area contributed by atoms with Crippen molar-refractivity contribution in [3.8, 4) is 5.40 Å². The van der Waals surface area contributed by atoms with Crippen molar-refractivity contribution in [1.82, 2.24) is 9.38 Å². The Balaban J connectivity index is 1.94. The van der Waals surface area contributed by atoms with Crippen molar-refractivity contribution in [3.05, 3.63) is 58.0 Å². The number of thiocyanates is 1. The lowest BCUT2D eigenvalue weighted by Gasteiger charge is -2.07. The number of hydrogen-bond donors (Lipinski definition) is 1. The zero-order valence-corrected chi connectivity index (χ0v) is 15.4. The van der Waals surface area contributed by atoms with Gasteiger partial charge in [0.25, 0.3) is 5.91 Å². The van der Waals surface area contributed by atoms with Crippen LogP contribution < -0.4 is 5.32 Å². The fourth-order valence-corrected chi connectivity index (χ4v) is 3.43. The minimum atomic E-state index is -0.224. The number of carbonyl (C=O) groups excluding carboxylic acids is 1. The number of imidazole rings is 1. The van der Waals surface area contributed by atoms with Crippen LogP contribution >= 0.6 is 27.7 Å². The highest BCUT2D eigenvalue weighted by Crippen LogP contribution is 2.22. The van der Waals surface area contributed by atoms with Crippen molar-refractivity contribution < 1.29 is 4.79 Å². The number of nitriles is 1. The second-order valence-corrected chi connectivity index (χ2v) is 7.03. The summed E-state index contributed by atoms with van der Waals surface area (Å²) in [6, 6.07) is 9.11. The number of aryl methyl sites for hydroxylation is 2. The van der Waals surface area contributed by atoms with Crippen LogP contribution in [-0.2, 0) is 0 Å². The molecule has 0 saturated heterocycles. The van der Waals surface area contributed by atoms with E-state index in [9.17, 15) is 4.79 Å². The van der Waals surface area contributed by atoms with E-state index >= 15 is 0 Å². The van der Waals surface area contributed by atoms with Crippen LogP contribution in [0.1, 0.15) is 21.7 Å². The SMILES string of the molecule is Cc1nc2c(C)cc(Br)cn2c1C(=O)Nc1ccc(SC#N)cc1. The van der Waals surface area contributed by atoms with Crippen molar-refractivity contribution in [3.63, 3.8) is 0 Å². The number of rotatable bonds is 3. The fourth-order valence-electron chi connectivity index (χ4n) is 2.50. The van der Waals surface area contributed by atoms with Crippen LogP contribution in [0.2, 0.25) is 0 Å². The lowest BCUT2D eigenvalue weighted by molar-refractivity contribution is 0.102. The van der Waals surface area contributed by atoms with Gasteiger partial charge in [-0.15, -0.1) is 0 Å². The van der Waals surface area contributed by atoms with E-state index < -0.39 is 0 Å². The topological polar surface area (TPSA) is 70.2 Å². The van der Waals surface area contributed by atoms with Crippen LogP contribution in [0.5, 0.6) is 0 Å². The monoisotopic (exact) mass is 400 g/mol. The summed E-state index contributed by atoms with van der Waals surface area (Å²) in [6.07, 6.45) is 1.84. The first-order chi connectivity index (χ1) is 11.5. The molecule has 7 heteroatoms. The van der Waals surface area contributed by atoms with Crippen LogP contribution in [0.15, 0.2) is 45.9 Å². The first-order valence-corrected chi connectivity index (χ1v) is 8.72. The van der Waals surface area contributed by atoms with E-state index in [4.69, 9.17) is 5.26 Å². The van der Waals surface area contributed by atoms with E-state index in [1.54, 1.807) is 28.7 Å². The molecule has 0 aliphatic carbocycles. The average Bonchev–Trinajstić information content (AvgIpc) is 2.86. The van der Waals surface area contributed by atoms with Gasteiger partial charge in [-0.2, -0.15) is 5.26 Å². The molecule has 0 unspecified atom stereocenters. The second kappa shape index (κ2) is 6.67. The summed E-state index contributed by atoms with van der Waals surface area (Å²) >= 11 is 4.54. The van der Waals surface area contributed by atoms with Crippen molar-refractivity contribution in [2.45, 2.75) is 18.7 Å². The molecule has 0 aliphatic rings. The summed E-state index contributed by atoms with van der Waals surface area (Å²) in [5.74, 6) is -0.224. The Labute approximate surface area is 151 Å². The Hall–Kier alpha value is -2.30. The third-order valence-corrected chi connectivity index (χ3v) is 4.57. The number of carbonyl (C=O) groups is 1. The average molecular weight is 401 g/mol. The first-order valence-electron chi connectivity index (χ1n) is 7.11. The van der Waals surface area contributed by atoms with E-state index in [-0.39, 0.29) is 5.91 Å². The molecule has 1 N–H and O–H groups in total. The summed E-state index contributed by atoms with van der Waals surface area (Å²) in [5.41, 5.74) is 3.60. The van der Waals surface area contributed by atoms with Crippen molar-refractivity contribution >= 4 is 44.9 Å². The highest BCUT2D eigenvalue weighted by Gasteiger charge is 2.18. The Kier molecular flexibility index (Phi) is 4.60. The van der Waals surface area contributed by atoms with Gasteiger partial charge in [-0.1, -0.05) is 0 Å². The minimum absolute atomic E-state index is 0.224. The van der Waals surface area contributed by atoms with E-state index in [1.165, 1.54) is 0 Å². The van der Waals surface area contributed by atoms with Gasteiger partial charge in [0.05, 0.1) is 5.69 Å². The summed E-state index contributed by atoms with van der Waals surface area (Å²) in [6.45, 7) is 3.78. The second-order valence-electron chi connectivity index (χ2n) is 5.25. The van der Waals surface area contributed by atoms with E-state index in [0.717, 1.165) is 32.3 Å². The quantitative estimate of drug-likeness (QED) is 0.517. The van der Waals surface area contributed by atoms with Gasteiger partial charge < -0.3 is 5.32 Å². The van der Waals surface area contributed by atoms with Gasteiger partial charge >= 0.3 is 0 Å². The Morgan fingerprint density at radius 2 is 2.04 bits per heavy atom. The van der Waals surface area contributed by atoms with Crippen molar-refractivity contribution in [2.75, 3.05) is 5.32 Å². The number of halogens is 1. The number of fused-ring (bicyclic) bond motifs is 1. The molecule has 0 bridgehead atoms. The molecule has 5 nitrogen and oxygen atoms in total. The molecule has 24 heavy (non-hydrogen) atoms. The van der Waals surface area contributed by atoms with E-state index in [1.807, 2.05) is 31.5 Å². The normalized spacial score (nSPS) is 10.6. The Bertz CT molecular complexity index is 973. The third kappa shape index (κ3) is 3.16. The fraction of sp³-hybridized carbons (Fsp3) is 0.118. The Morgan fingerprint density at radius 3 is 2.71 bits per heavy atom. The van der Waals surface area contributed by atoms with Crippen LogP contribution in [0.4, 0.5) is 5.69 Å². The van der Waals surface area contributed by atoms with Gasteiger partial charge in [-0.3, -0.25) is 9.20 Å². The number of aromatic nitrogens is 2. The van der Waals surface area contributed by atoms with Gasteiger partial charge in [0.2, 0.25) is 0 Å². The summed E-state index contributed by atoms with van der Waals surface area (Å²) in [7, 11) is 0. The molecule has 3 aromatic rings. The number of hydrogen-bond acceptors (Lipinski definition) is 4. The van der Waals surface area contributed by atoms with Gasteiger partial charge in [0.15, 0.2) is 0 Å². The number of pyridine rings is 1. The zero-order chi connectivity index (χ0) is 17.3. The smallest absolute Gasteiger partial charge is 0.274 e. The first kappa shape index (κ1) is 16.6. The van der Waals surface area contributed by atoms with Crippen LogP contribution in [0, 0.1) is 24.5 Å². The molecule has 0 aliphatic heterocycles. The molecule has 0 spiro atoms. The maximum absolute atomic E-state index is 12.7. The van der Waals surface area contributed by atoms with Crippen LogP contribution in [0.3, 0.4) is 0 Å². The molecule has 0 atom stereocenters. The summed E-state index contributed by atoms with van der Waals surface area (Å²) < 4.78 is 2.68. The molecule has 0 radical (unpaired) electrons.